The minimum Gasteiger partial charge on any atom is -0.119 e. The molecule has 0 aromatic carbocycles. The number of halogens is 1. The van der Waals surface area contributed by atoms with Crippen LogP contribution in [0.4, 0.5) is 0 Å². The van der Waals surface area contributed by atoms with Crippen LogP contribution in [0.15, 0.2) is 0 Å². The van der Waals surface area contributed by atoms with Gasteiger partial charge in [0.25, 0.3) is 0 Å². The van der Waals surface area contributed by atoms with Gasteiger partial charge in [-0.15, -0.1) is 11.6 Å². The van der Waals surface area contributed by atoms with Gasteiger partial charge in [-0.3, -0.25) is 0 Å². The van der Waals surface area contributed by atoms with Gasteiger partial charge in [-0.2, -0.15) is 0 Å². The Kier molecular flexibility index (Phi) is 1.31. The first-order chi connectivity index (χ1) is 3.54. The SMILES string of the molecule is CC(C)C1CC1(C)Cl. The summed E-state index contributed by atoms with van der Waals surface area (Å²) in [7, 11) is 0. The van der Waals surface area contributed by atoms with Crippen molar-refractivity contribution < 1.29 is 0 Å². The van der Waals surface area contributed by atoms with Gasteiger partial charge in [0.1, 0.15) is 0 Å². The first-order valence-corrected chi connectivity index (χ1v) is 3.61. The van der Waals surface area contributed by atoms with Crippen molar-refractivity contribution in [3.8, 4) is 0 Å². The molecule has 0 aromatic rings. The molecule has 0 amide bonds. The first kappa shape index (κ1) is 6.41. The molecule has 48 valence electrons. The average Bonchev–Trinajstić information content (AvgIpc) is 2.13. The zero-order valence-corrected chi connectivity index (χ0v) is 6.50. The third kappa shape index (κ3) is 0.997. The summed E-state index contributed by atoms with van der Waals surface area (Å²) < 4.78 is 0. The lowest BCUT2D eigenvalue weighted by atomic mass is 10.1. The van der Waals surface area contributed by atoms with Gasteiger partial charge in [0.05, 0.1) is 0 Å². The van der Waals surface area contributed by atoms with Gasteiger partial charge in [-0.1, -0.05) is 13.8 Å². The summed E-state index contributed by atoms with van der Waals surface area (Å²) in [4.78, 5) is 0.161. The normalized spacial score (nSPS) is 45.4. The molecule has 0 nitrogen and oxygen atoms in total. The van der Waals surface area contributed by atoms with Crippen LogP contribution in [-0.4, -0.2) is 4.87 Å². The number of alkyl halides is 1. The Morgan fingerprint density at radius 2 is 2.00 bits per heavy atom. The van der Waals surface area contributed by atoms with Crippen LogP contribution in [0.5, 0.6) is 0 Å². The van der Waals surface area contributed by atoms with Crippen LogP contribution in [0, 0.1) is 11.8 Å². The fraction of sp³-hybridized carbons (Fsp3) is 1.00. The molecule has 1 fully saturated rings. The first-order valence-electron chi connectivity index (χ1n) is 3.23. The Morgan fingerprint density at radius 3 is 2.00 bits per heavy atom. The number of hydrogen-bond donors (Lipinski definition) is 0. The maximum Gasteiger partial charge on any atom is 0.0453 e. The van der Waals surface area contributed by atoms with E-state index in [1.807, 2.05) is 0 Å². The van der Waals surface area contributed by atoms with E-state index in [-0.39, 0.29) is 4.87 Å². The molecule has 1 aliphatic carbocycles. The summed E-state index contributed by atoms with van der Waals surface area (Å²) in [6.45, 7) is 6.59. The average molecular weight is 133 g/mol. The minimum atomic E-state index is 0.161. The van der Waals surface area contributed by atoms with Crippen LogP contribution < -0.4 is 0 Å². The highest BCUT2D eigenvalue weighted by atomic mass is 35.5. The largest absolute Gasteiger partial charge is 0.119 e. The van der Waals surface area contributed by atoms with Crippen molar-refractivity contribution in [1.29, 1.82) is 0 Å². The van der Waals surface area contributed by atoms with Gasteiger partial charge < -0.3 is 0 Å². The lowest BCUT2D eigenvalue weighted by molar-refractivity contribution is 0.540. The van der Waals surface area contributed by atoms with Gasteiger partial charge in [0, 0.05) is 4.87 Å². The van der Waals surface area contributed by atoms with Gasteiger partial charge in [0.2, 0.25) is 0 Å². The van der Waals surface area contributed by atoms with Crippen molar-refractivity contribution >= 4 is 11.6 Å². The van der Waals surface area contributed by atoms with Crippen molar-refractivity contribution in [2.45, 2.75) is 32.1 Å². The highest BCUT2D eigenvalue weighted by molar-refractivity contribution is 6.25. The second-order valence-corrected chi connectivity index (χ2v) is 4.20. The summed E-state index contributed by atoms with van der Waals surface area (Å²) in [6.07, 6.45) is 1.21. The predicted molar refractivity (Wildman–Crippen MR) is 37.2 cm³/mol. The van der Waals surface area contributed by atoms with Crippen molar-refractivity contribution in [1.82, 2.24) is 0 Å². The lowest BCUT2D eigenvalue weighted by Crippen LogP contribution is -1.99. The standard InChI is InChI=1S/C7H13Cl/c1-5(2)6-4-7(6,3)8/h5-6H,4H2,1-3H3. The summed E-state index contributed by atoms with van der Waals surface area (Å²) in [5.41, 5.74) is 0. The fourth-order valence-corrected chi connectivity index (χ4v) is 1.72. The number of hydrogen-bond acceptors (Lipinski definition) is 0. The van der Waals surface area contributed by atoms with Crippen molar-refractivity contribution in [3.63, 3.8) is 0 Å². The molecule has 1 aliphatic rings. The molecule has 1 rings (SSSR count). The number of rotatable bonds is 1. The second kappa shape index (κ2) is 1.63. The topological polar surface area (TPSA) is 0 Å². The second-order valence-electron chi connectivity index (χ2n) is 3.33. The third-order valence-electron chi connectivity index (χ3n) is 2.04. The molecule has 0 aliphatic heterocycles. The molecule has 0 saturated heterocycles. The Morgan fingerprint density at radius 1 is 1.62 bits per heavy atom. The molecule has 0 spiro atoms. The van der Waals surface area contributed by atoms with E-state index < -0.39 is 0 Å². The minimum absolute atomic E-state index is 0.161. The highest BCUT2D eigenvalue weighted by Gasteiger charge is 2.49. The predicted octanol–water partition coefficient (Wildman–Crippen LogP) is 2.66. The molecule has 8 heavy (non-hydrogen) atoms. The van der Waals surface area contributed by atoms with E-state index in [0.717, 1.165) is 11.8 Å². The Balaban J connectivity index is 2.37. The van der Waals surface area contributed by atoms with Crippen molar-refractivity contribution in [2.75, 3.05) is 0 Å². The molecule has 2 unspecified atom stereocenters. The zero-order chi connectivity index (χ0) is 6.36. The van der Waals surface area contributed by atoms with Crippen LogP contribution in [0.25, 0.3) is 0 Å². The molecular formula is C7H13Cl. The molecule has 2 atom stereocenters. The van der Waals surface area contributed by atoms with Gasteiger partial charge >= 0.3 is 0 Å². The van der Waals surface area contributed by atoms with E-state index in [1.54, 1.807) is 0 Å². The quantitative estimate of drug-likeness (QED) is 0.482. The van der Waals surface area contributed by atoms with Crippen molar-refractivity contribution in [2.24, 2.45) is 11.8 Å². The van der Waals surface area contributed by atoms with E-state index in [4.69, 9.17) is 11.6 Å². The fourth-order valence-electron chi connectivity index (χ4n) is 1.30. The Bertz CT molecular complexity index is 94.6. The highest BCUT2D eigenvalue weighted by Crippen LogP contribution is 2.52. The van der Waals surface area contributed by atoms with Crippen LogP contribution in [0.1, 0.15) is 27.2 Å². The zero-order valence-electron chi connectivity index (χ0n) is 5.74. The van der Waals surface area contributed by atoms with Gasteiger partial charge in [0.15, 0.2) is 0 Å². The van der Waals surface area contributed by atoms with E-state index in [9.17, 15) is 0 Å². The van der Waals surface area contributed by atoms with E-state index in [1.165, 1.54) is 6.42 Å². The van der Waals surface area contributed by atoms with Crippen LogP contribution in [0.2, 0.25) is 0 Å². The Labute approximate surface area is 56.2 Å². The van der Waals surface area contributed by atoms with Gasteiger partial charge in [-0.05, 0) is 25.2 Å². The maximum atomic E-state index is 6.00. The molecule has 0 aromatic heterocycles. The molecule has 0 bridgehead atoms. The van der Waals surface area contributed by atoms with Crippen LogP contribution in [-0.2, 0) is 0 Å². The monoisotopic (exact) mass is 132 g/mol. The van der Waals surface area contributed by atoms with Gasteiger partial charge in [-0.25, -0.2) is 0 Å². The molecule has 0 radical (unpaired) electrons. The Hall–Kier alpha value is 0.290. The van der Waals surface area contributed by atoms with E-state index in [2.05, 4.69) is 20.8 Å². The van der Waals surface area contributed by atoms with Crippen LogP contribution in [0.3, 0.4) is 0 Å². The van der Waals surface area contributed by atoms with Crippen molar-refractivity contribution in [3.05, 3.63) is 0 Å². The molecule has 0 heterocycles. The maximum absolute atomic E-state index is 6.00. The smallest absolute Gasteiger partial charge is 0.0453 e. The van der Waals surface area contributed by atoms with Crippen LogP contribution >= 0.6 is 11.6 Å². The summed E-state index contributed by atoms with van der Waals surface area (Å²) >= 11 is 6.00. The molecule has 0 N–H and O–H groups in total. The van der Waals surface area contributed by atoms with E-state index >= 15 is 0 Å². The molecular weight excluding hydrogens is 120 g/mol. The van der Waals surface area contributed by atoms with E-state index in [0.29, 0.717) is 0 Å². The lowest BCUT2D eigenvalue weighted by Gasteiger charge is -2.02. The molecule has 1 heteroatoms. The summed E-state index contributed by atoms with van der Waals surface area (Å²) in [5.74, 6) is 1.56. The third-order valence-corrected chi connectivity index (χ3v) is 2.47. The molecule has 1 saturated carbocycles. The summed E-state index contributed by atoms with van der Waals surface area (Å²) in [5, 5.41) is 0. The summed E-state index contributed by atoms with van der Waals surface area (Å²) in [6, 6.07) is 0.